The molecule has 0 saturated heterocycles. The number of benzene rings is 4. The minimum atomic E-state index is -1.77. The van der Waals surface area contributed by atoms with Crippen LogP contribution in [0.2, 0.25) is 0 Å². The molecule has 0 fully saturated rings. The number of amides is 2. The van der Waals surface area contributed by atoms with Crippen LogP contribution >= 0.6 is 23.1 Å². The number of hydrogen-bond acceptors (Lipinski definition) is 8. The molecule has 43 heavy (non-hydrogen) atoms. The Morgan fingerprint density at radius 1 is 0.907 bits per heavy atom. The number of rotatable bonds is 4. The van der Waals surface area contributed by atoms with E-state index in [9.17, 15) is 14.4 Å². The molecule has 0 N–H and O–H groups in total. The topological polar surface area (TPSA) is 96.6 Å². The van der Waals surface area contributed by atoms with Gasteiger partial charge in [0.05, 0.1) is 10.9 Å². The molecule has 1 spiro atoms. The van der Waals surface area contributed by atoms with Crippen molar-refractivity contribution in [2.24, 2.45) is 0 Å². The van der Waals surface area contributed by atoms with Crippen LogP contribution in [0.1, 0.15) is 32.8 Å². The molecular weight excluding hydrogens is 581 g/mol. The van der Waals surface area contributed by atoms with E-state index in [4.69, 9.17) is 4.42 Å². The molecule has 1 unspecified atom stereocenters. The molecule has 0 bridgehead atoms. The molecule has 8 nitrogen and oxygen atoms in total. The zero-order valence-electron chi connectivity index (χ0n) is 23.0. The molecule has 0 saturated carbocycles. The Hall–Kier alpha value is -4.80. The van der Waals surface area contributed by atoms with Gasteiger partial charge in [0.15, 0.2) is 15.3 Å². The van der Waals surface area contributed by atoms with Crippen molar-refractivity contribution in [3.05, 3.63) is 123 Å². The van der Waals surface area contributed by atoms with Crippen molar-refractivity contribution in [1.82, 2.24) is 10.2 Å². The Balaban J connectivity index is 1.28. The van der Waals surface area contributed by atoms with Crippen molar-refractivity contribution in [3.8, 4) is 0 Å². The van der Waals surface area contributed by atoms with E-state index < -0.39 is 22.8 Å². The van der Waals surface area contributed by atoms with E-state index in [2.05, 4.69) is 34.5 Å². The van der Waals surface area contributed by atoms with Crippen LogP contribution in [0.25, 0.3) is 21.7 Å². The minimum Gasteiger partial charge on any atom is -0.450 e. The lowest BCUT2D eigenvalue weighted by atomic mass is 9.84. The van der Waals surface area contributed by atoms with Crippen LogP contribution < -0.4 is 15.2 Å². The molecule has 0 radical (unpaired) electrons. The van der Waals surface area contributed by atoms with E-state index in [-0.39, 0.29) is 22.0 Å². The smallest absolute Gasteiger partial charge is 0.297 e. The maximum Gasteiger partial charge on any atom is 0.297 e. The first-order chi connectivity index (χ1) is 20.9. The van der Waals surface area contributed by atoms with Gasteiger partial charge in [0.25, 0.3) is 11.8 Å². The lowest BCUT2D eigenvalue weighted by molar-refractivity contribution is -0.121. The second-order valence-electron chi connectivity index (χ2n) is 10.6. The Labute approximate surface area is 253 Å². The molecule has 2 aliphatic heterocycles. The summed E-state index contributed by atoms with van der Waals surface area (Å²) in [5, 5.41) is 11.7. The fourth-order valence-corrected chi connectivity index (χ4v) is 8.19. The van der Waals surface area contributed by atoms with Gasteiger partial charge in [-0.3, -0.25) is 19.3 Å². The van der Waals surface area contributed by atoms with Gasteiger partial charge in [-0.15, -0.1) is 10.2 Å². The fourth-order valence-electron chi connectivity index (χ4n) is 6.29. The summed E-state index contributed by atoms with van der Waals surface area (Å²) in [6.07, 6.45) is 0. The zero-order chi connectivity index (χ0) is 29.5. The van der Waals surface area contributed by atoms with Crippen LogP contribution in [0.3, 0.4) is 0 Å². The van der Waals surface area contributed by atoms with E-state index in [1.54, 1.807) is 37.4 Å². The SMILES string of the molecule is Cc1ccc2oc3c(c(=O)c2c1)C1(C(=O)N(C)c2ccccc21)N(c1nnc(SCc2cccc4ccccc24)s1)C3=O. The molecule has 10 heteroatoms. The van der Waals surface area contributed by atoms with Crippen LogP contribution in [-0.2, 0) is 16.1 Å². The third-order valence-corrected chi connectivity index (χ3v) is 10.3. The highest BCUT2D eigenvalue weighted by Gasteiger charge is 2.66. The largest absolute Gasteiger partial charge is 0.450 e. The van der Waals surface area contributed by atoms with Gasteiger partial charge in [-0.05, 0) is 41.5 Å². The highest BCUT2D eigenvalue weighted by molar-refractivity contribution is 8.00. The summed E-state index contributed by atoms with van der Waals surface area (Å²) in [4.78, 5) is 45.7. The number of carbonyl (C=O) groups is 2. The van der Waals surface area contributed by atoms with Crippen molar-refractivity contribution >= 4 is 67.5 Å². The van der Waals surface area contributed by atoms with E-state index in [1.165, 1.54) is 32.9 Å². The summed E-state index contributed by atoms with van der Waals surface area (Å²) >= 11 is 2.72. The summed E-state index contributed by atoms with van der Waals surface area (Å²) < 4.78 is 6.77. The third kappa shape index (κ3) is 3.53. The molecule has 4 heterocycles. The number of hydrogen-bond donors (Lipinski definition) is 0. The van der Waals surface area contributed by atoms with Crippen molar-refractivity contribution in [1.29, 1.82) is 0 Å². The summed E-state index contributed by atoms with van der Waals surface area (Å²) in [7, 11) is 1.65. The molecule has 2 aromatic heterocycles. The zero-order valence-corrected chi connectivity index (χ0v) is 24.7. The number of likely N-dealkylation sites (N-methyl/N-ethyl adjacent to an activating group) is 1. The van der Waals surface area contributed by atoms with Gasteiger partial charge < -0.3 is 9.32 Å². The predicted octanol–water partition coefficient (Wildman–Crippen LogP) is 6.28. The van der Waals surface area contributed by atoms with Crippen molar-refractivity contribution in [3.63, 3.8) is 0 Å². The van der Waals surface area contributed by atoms with Crippen molar-refractivity contribution in [2.75, 3.05) is 16.8 Å². The van der Waals surface area contributed by atoms with Gasteiger partial charge in [-0.25, -0.2) is 0 Å². The van der Waals surface area contributed by atoms with E-state index in [0.29, 0.717) is 26.7 Å². The van der Waals surface area contributed by atoms with Crippen LogP contribution in [0, 0.1) is 6.92 Å². The normalized spacial score (nSPS) is 17.4. The first kappa shape index (κ1) is 25.9. The van der Waals surface area contributed by atoms with Gasteiger partial charge in [0.2, 0.25) is 10.9 Å². The highest BCUT2D eigenvalue weighted by atomic mass is 32.2. The summed E-state index contributed by atoms with van der Waals surface area (Å²) in [6.45, 7) is 1.88. The van der Waals surface area contributed by atoms with E-state index in [1.807, 2.05) is 37.3 Å². The maximum absolute atomic E-state index is 14.4. The Morgan fingerprint density at radius 2 is 1.70 bits per heavy atom. The summed E-state index contributed by atoms with van der Waals surface area (Å²) in [5.74, 6) is -0.542. The van der Waals surface area contributed by atoms with Crippen LogP contribution in [0.4, 0.5) is 10.8 Å². The Morgan fingerprint density at radius 3 is 2.58 bits per heavy atom. The first-order valence-electron chi connectivity index (χ1n) is 13.6. The molecule has 8 rings (SSSR count). The number of thioether (sulfide) groups is 1. The van der Waals surface area contributed by atoms with Crippen LogP contribution in [-0.4, -0.2) is 29.1 Å². The molecular formula is C33H22N4O4S2. The standard InChI is InChI=1S/C33H22N4O4S2/c1-18-14-15-25-22(16-18)27(38)26-28(41-25)29(39)37(33(26)23-12-5-6-13-24(23)36(2)30(33)40)31-34-35-32(43-31)42-17-20-10-7-9-19-8-3-4-11-21(19)20/h3-16H,17H2,1-2H3. The number of fused-ring (bicyclic) bond motifs is 6. The third-order valence-electron chi connectivity index (χ3n) is 8.23. The van der Waals surface area contributed by atoms with Crippen LogP contribution in [0.15, 0.2) is 98.5 Å². The van der Waals surface area contributed by atoms with Crippen molar-refractivity contribution in [2.45, 2.75) is 22.6 Å². The first-order valence-corrected chi connectivity index (χ1v) is 15.4. The molecule has 2 amide bonds. The molecule has 1 atom stereocenters. The average Bonchev–Trinajstić information content (AvgIpc) is 3.66. The average molecular weight is 603 g/mol. The minimum absolute atomic E-state index is 0.0116. The van der Waals surface area contributed by atoms with Gasteiger partial charge in [-0.1, -0.05) is 95.4 Å². The van der Waals surface area contributed by atoms with Gasteiger partial charge >= 0.3 is 0 Å². The molecule has 6 aromatic rings. The van der Waals surface area contributed by atoms with E-state index >= 15 is 0 Å². The molecule has 0 aliphatic carbocycles. The second kappa shape index (κ2) is 9.35. The van der Waals surface area contributed by atoms with Gasteiger partial charge in [0.1, 0.15) is 5.58 Å². The number of aryl methyl sites for hydroxylation is 1. The lowest BCUT2D eigenvalue weighted by Crippen LogP contribution is -2.53. The monoisotopic (exact) mass is 602 g/mol. The van der Waals surface area contributed by atoms with Gasteiger partial charge in [0, 0.05) is 24.1 Å². The Kier molecular flexibility index (Phi) is 5.63. The number of nitrogens with zero attached hydrogens (tertiary/aromatic N) is 4. The number of carbonyl (C=O) groups excluding carboxylic acids is 2. The van der Waals surface area contributed by atoms with Crippen LogP contribution in [0.5, 0.6) is 0 Å². The Bertz CT molecular complexity index is 2220. The molecule has 210 valence electrons. The summed E-state index contributed by atoms with van der Waals surface area (Å²) in [5.41, 5.74) is 1.26. The lowest BCUT2D eigenvalue weighted by Gasteiger charge is -2.31. The van der Waals surface area contributed by atoms with Gasteiger partial charge in [-0.2, -0.15) is 0 Å². The molecule has 2 aliphatic rings. The number of aromatic nitrogens is 2. The van der Waals surface area contributed by atoms with Crippen molar-refractivity contribution < 1.29 is 14.0 Å². The highest BCUT2D eigenvalue weighted by Crippen LogP contribution is 2.54. The number of anilines is 2. The summed E-state index contributed by atoms with van der Waals surface area (Å²) in [6, 6.07) is 26.8. The number of para-hydroxylation sites is 1. The second-order valence-corrected chi connectivity index (χ2v) is 12.8. The van der Waals surface area contributed by atoms with E-state index in [0.717, 1.165) is 21.9 Å². The fraction of sp³-hybridized carbons (Fsp3) is 0.121. The quantitative estimate of drug-likeness (QED) is 0.173. The maximum atomic E-state index is 14.4. The molecule has 4 aromatic carbocycles. The predicted molar refractivity (Wildman–Crippen MR) is 168 cm³/mol.